The second-order valence-electron chi connectivity index (χ2n) is 9.10. The Labute approximate surface area is 195 Å². The predicted molar refractivity (Wildman–Crippen MR) is 119 cm³/mol. The average molecular weight is 467 g/mol. The van der Waals surface area contributed by atoms with Crippen molar-refractivity contribution in [1.29, 1.82) is 0 Å². The second kappa shape index (κ2) is 8.77. The first-order valence-corrected chi connectivity index (χ1v) is 11.4. The lowest BCUT2D eigenvalue weighted by molar-refractivity contribution is -0.137. The van der Waals surface area contributed by atoms with Crippen LogP contribution >= 0.6 is 0 Å². The van der Waals surface area contributed by atoms with Crippen molar-refractivity contribution in [2.24, 2.45) is 11.8 Å². The van der Waals surface area contributed by atoms with Crippen LogP contribution in [0.4, 0.5) is 13.2 Å². The molecule has 1 amide bonds. The molecule has 34 heavy (non-hydrogen) atoms. The van der Waals surface area contributed by atoms with Crippen LogP contribution < -0.4 is 0 Å². The summed E-state index contributed by atoms with van der Waals surface area (Å²) in [4.78, 5) is 32.8. The summed E-state index contributed by atoms with van der Waals surface area (Å²) in [5, 5.41) is 0. The number of carbonyl (C=O) groups is 1. The Balaban J connectivity index is 1.37. The van der Waals surface area contributed by atoms with Gasteiger partial charge in [0, 0.05) is 42.6 Å². The van der Waals surface area contributed by atoms with Gasteiger partial charge in [-0.15, -0.1) is 0 Å². The van der Waals surface area contributed by atoms with E-state index in [4.69, 9.17) is 0 Å². The van der Waals surface area contributed by atoms with Crippen LogP contribution in [0.2, 0.25) is 0 Å². The SMILES string of the molecule is Cc1ccc(-c2ncccn2)c(C(=O)N2C[C@@H]3C[C@@H]3C[C@H]2CCc2ccc(C(F)(F)F)cn2)n1. The molecule has 0 radical (unpaired) electrons. The molecule has 1 saturated carbocycles. The number of pyridine rings is 2. The fourth-order valence-electron chi connectivity index (χ4n) is 4.75. The van der Waals surface area contributed by atoms with E-state index in [1.165, 1.54) is 6.07 Å². The molecule has 3 atom stereocenters. The lowest BCUT2D eigenvalue weighted by Gasteiger charge is -2.35. The van der Waals surface area contributed by atoms with Gasteiger partial charge in [-0.3, -0.25) is 9.78 Å². The molecule has 3 aromatic heterocycles. The number of carbonyl (C=O) groups excluding carboxylic acids is 1. The summed E-state index contributed by atoms with van der Waals surface area (Å²) in [7, 11) is 0. The van der Waals surface area contributed by atoms with Crippen LogP contribution in [0.1, 0.15) is 46.7 Å². The molecule has 2 aliphatic rings. The number of hydrogen-bond acceptors (Lipinski definition) is 5. The van der Waals surface area contributed by atoms with Gasteiger partial charge in [0.2, 0.25) is 0 Å². The van der Waals surface area contributed by atoms with Gasteiger partial charge < -0.3 is 4.90 Å². The van der Waals surface area contributed by atoms with Crippen molar-refractivity contribution in [3.8, 4) is 11.4 Å². The molecule has 0 spiro atoms. The number of halogens is 3. The first kappa shape index (κ1) is 22.4. The number of aryl methyl sites for hydroxylation is 2. The number of nitrogens with zero attached hydrogens (tertiary/aromatic N) is 5. The van der Waals surface area contributed by atoms with Crippen LogP contribution in [0.5, 0.6) is 0 Å². The van der Waals surface area contributed by atoms with E-state index in [-0.39, 0.29) is 11.9 Å². The number of aromatic nitrogens is 4. The van der Waals surface area contributed by atoms with Crippen molar-refractivity contribution in [2.75, 3.05) is 6.54 Å². The lowest BCUT2D eigenvalue weighted by atomic mass is 9.95. The number of fused-ring (bicyclic) bond motifs is 1. The first-order valence-electron chi connectivity index (χ1n) is 11.4. The molecule has 0 N–H and O–H groups in total. The minimum atomic E-state index is -4.40. The molecule has 4 heterocycles. The predicted octanol–water partition coefficient (Wildman–Crippen LogP) is 4.74. The van der Waals surface area contributed by atoms with Gasteiger partial charge in [0.05, 0.1) is 11.1 Å². The molecule has 176 valence electrons. The lowest BCUT2D eigenvalue weighted by Crippen LogP contribution is -2.45. The minimum absolute atomic E-state index is 0.0211. The summed E-state index contributed by atoms with van der Waals surface area (Å²) in [6.07, 6.45) is 2.86. The van der Waals surface area contributed by atoms with Gasteiger partial charge in [0.1, 0.15) is 5.69 Å². The van der Waals surface area contributed by atoms with Gasteiger partial charge in [0.15, 0.2) is 5.82 Å². The molecule has 0 unspecified atom stereocenters. The van der Waals surface area contributed by atoms with Gasteiger partial charge in [-0.05, 0) is 74.8 Å². The Kier molecular flexibility index (Phi) is 5.79. The van der Waals surface area contributed by atoms with Gasteiger partial charge in [-0.1, -0.05) is 0 Å². The largest absolute Gasteiger partial charge is 0.417 e. The molecule has 3 aromatic rings. The van der Waals surface area contributed by atoms with E-state index in [1.54, 1.807) is 18.5 Å². The molecule has 0 aromatic carbocycles. The van der Waals surface area contributed by atoms with Crippen molar-refractivity contribution in [3.63, 3.8) is 0 Å². The van der Waals surface area contributed by atoms with E-state index in [9.17, 15) is 18.0 Å². The van der Waals surface area contributed by atoms with Crippen LogP contribution in [-0.4, -0.2) is 43.3 Å². The molecular weight excluding hydrogens is 443 g/mol. The molecule has 0 bridgehead atoms. The standard InChI is InChI=1S/C25H24F3N5O/c1-15-3-8-21(23-29-9-2-10-30-23)22(32-15)24(34)33-14-17-11-16(17)12-20(33)7-6-19-5-4-18(13-31-19)25(26,27)28/h2-5,8-10,13,16-17,20H,6-7,11-12,14H2,1H3/t16-,17+,20-/m1/s1. The van der Waals surface area contributed by atoms with Gasteiger partial charge >= 0.3 is 6.18 Å². The molecule has 6 nitrogen and oxygen atoms in total. The Bertz CT molecular complexity index is 1180. The number of amides is 1. The topological polar surface area (TPSA) is 71.9 Å². The fourth-order valence-corrected chi connectivity index (χ4v) is 4.75. The second-order valence-corrected chi connectivity index (χ2v) is 9.10. The highest BCUT2D eigenvalue weighted by atomic mass is 19.4. The number of likely N-dealkylation sites (tertiary alicyclic amines) is 1. The number of piperidine rings is 1. The molecule has 1 saturated heterocycles. The maximum Gasteiger partial charge on any atom is 0.417 e. The quantitative estimate of drug-likeness (QED) is 0.542. The molecule has 1 aliphatic heterocycles. The summed E-state index contributed by atoms with van der Waals surface area (Å²) < 4.78 is 38.5. The van der Waals surface area contributed by atoms with Crippen molar-refractivity contribution in [3.05, 3.63) is 71.6 Å². The van der Waals surface area contributed by atoms with Crippen LogP contribution in [-0.2, 0) is 12.6 Å². The summed E-state index contributed by atoms with van der Waals surface area (Å²) in [6, 6.07) is 7.85. The summed E-state index contributed by atoms with van der Waals surface area (Å²) in [6.45, 7) is 2.51. The van der Waals surface area contributed by atoms with Crippen LogP contribution in [0.3, 0.4) is 0 Å². The third-order valence-corrected chi connectivity index (χ3v) is 6.71. The Morgan fingerprint density at radius 1 is 1.06 bits per heavy atom. The first-order chi connectivity index (χ1) is 16.3. The highest BCUT2D eigenvalue weighted by Gasteiger charge is 2.47. The zero-order valence-corrected chi connectivity index (χ0v) is 18.7. The van der Waals surface area contributed by atoms with Crippen LogP contribution in [0, 0.1) is 18.8 Å². The third-order valence-electron chi connectivity index (χ3n) is 6.71. The van der Waals surface area contributed by atoms with E-state index in [1.807, 2.05) is 24.0 Å². The molecule has 2 fully saturated rings. The molecule has 9 heteroatoms. The minimum Gasteiger partial charge on any atom is -0.334 e. The molecule has 1 aliphatic carbocycles. The Hall–Kier alpha value is -3.36. The molecule has 5 rings (SSSR count). The Morgan fingerprint density at radius 3 is 2.56 bits per heavy atom. The van der Waals surface area contributed by atoms with E-state index in [0.717, 1.165) is 30.8 Å². The zero-order valence-electron chi connectivity index (χ0n) is 18.7. The highest BCUT2D eigenvalue weighted by molar-refractivity contribution is 5.98. The summed E-state index contributed by atoms with van der Waals surface area (Å²) in [5.74, 6) is 1.41. The number of alkyl halides is 3. The van der Waals surface area contributed by atoms with Crippen molar-refractivity contribution < 1.29 is 18.0 Å². The maximum atomic E-state index is 13.8. The van der Waals surface area contributed by atoms with E-state index < -0.39 is 11.7 Å². The smallest absolute Gasteiger partial charge is 0.334 e. The Morgan fingerprint density at radius 2 is 1.85 bits per heavy atom. The van der Waals surface area contributed by atoms with E-state index in [0.29, 0.717) is 54.0 Å². The van der Waals surface area contributed by atoms with E-state index in [2.05, 4.69) is 19.9 Å². The van der Waals surface area contributed by atoms with Gasteiger partial charge in [-0.2, -0.15) is 13.2 Å². The fraction of sp³-hybridized carbons (Fsp3) is 0.400. The monoisotopic (exact) mass is 467 g/mol. The van der Waals surface area contributed by atoms with Gasteiger partial charge in [-0.25, -0.2) is 15.0 Å². The summed E-state index contributed by atoms with van der Waals surface area (Å²) >= 11 is 0. The summed E-state index contributed by atoms with van der Waals surface area (Å²) in [5.41, 5.74) is 1.49. The van der Waals surface area contributed by atoms with E-state index >= 15 is 0 Å². The van der Waals surface area contributed by atoms with Crippen molar-refractivity contribution in [2.45, 2.75) is 44.8 Å². The molecular formula is C25H24F3N5O. The van der Waals surface area contributed by atoms with Crippen LogP contribution in [0.15, 0.2) is 48.9 Å². The number of hydrogen-bond donors (Lipinski definition) is 0. The number of rotatable bonds is 5. The maximum absolute atomic E-state index is 13.8. The third kappa shape index (κ3) is 4.64. The average Bonchev–Trinajstić information content (AvgIpc) is 3.60. The van der Waals surface area contributed by atoms with Gasteiger partial charge in [0.25, 0.3) is 5.91 Å². The normalized spacial score (nSPS) is 21.8. The van der Waals surface area contributed by atoms with Crippen molar-refractivity contribution >= 4 is 5.91 Å². The van der Waals surface area contributed by atoms with Crippen molar-refractivity contribution in [1.82, 2.24) is 24.8 Å². The highest BCUT2D eigenvalue weighted by Crippen LogP contribution is 2.48. The zero-order chi connectivity index (χ0) is 23.9. The van der Waals surface area contributed by atoms with Crippen LogP contribution in [0.25, 0.3) is 11.4 Å².